The van der Waals surface area contributed by atoms with E-state index in [-0.39, 0.29) is 0 Å². The molecule has 0 aliphatic rings. The van der Waals surface area contributed by atoms with Crippen LogP contribution in [0.15, 0.2) is 99.9 Å². The standard InChI is InChI=1S/C25H15Br2N/c26-19-10-5-17(6-11-19)22-15-24(18-7-12-20(27)13-8-18)28-23-14-9-16-3-1-2-4-21(16)25(22)23/h1-15H. The first kappa shape index (κ1) is 17.6. The molecule has 4 aromatic carbocycles. The van der Waals surface area contributed by atoms with Crippen LogP contribution < -0.4 is 0 Å². The Morgan fingerprint density at radius 2 is 1.25 bits per heavy atom. The summed E-state index contributed by atoms with van der Waals surface area (Å²) in [5.74, 6) is 0. The smallest absolute Gasteiger partial charge is 0.0722 e. The normalized spacial score (nSPS) is 11.2. The molecule has 28 heavy (non-hydrogen) atoms. The molecule has 0 atom stereocenters. The van der Waals surface area contributed by atoms with E-state index in [1.165, 1.54) is 27.3 Å². The third kappa shape index (κ3) is 3.15. The number of rotatable bonds is 2. The van der Waals surface area contributed by atoms with E-state index in [1.807, 2.05) is 0 Å². The fourth-order valence-electron chi connectivity index (χ4n) is 3.63. The lowest BCUT2D eigenvalue weighted by molar-refractivity contribution is 1.40. The maximum atomic E-state index is 5.00. The highest BCUT2D eigenvalue weighted by Gasteiger charge is 2.12. The van der Waals surface area contributed by atoms with Gasteiger partial charge in [0.2, 0.25) is 0 Å². The minimum Gasteiger partial charge on any atom is -0.248 e. The molecule has 1 nitrogen and oxygen atoms in total. The Morgan fingerprint density at radius 3 is 1.96 bits per heavy atom. The van der Waals surface area contributed by atoms with Crippen LogP contribution in [0.2, 0.25) is 0 Å². The largest absolute Gasteiger partial charge is 0.248 e. The number of hydrogen-bond donors (Lipinski definition) is 0. The molecule has 1 aromatic heterocycles. The Morgan fingerprint density at radius 1 is 0.607 bits per heavy atom. The molecule has 1 heterocycles. The van der Waals surface area contributed by atoms with Crippen molar-refractivity contribution in [1.29, 1.82) is 0 Å². The summed E-state index contributed by atoms with van der Waals surface area (Å²) >= 11 is 7.07. The summed E-state index contributed by atoms with van der Waals surface area (Å²) in [6.45, 7) is 0. The van der Waals surface area contributed by atoms with E-state index < -0.39 is 0 Å². The second kappa shape index (κ2) is 7.16. The second-order valence-corrected chi connectivity index (χ2v) is 8.58. The van der Waals surface area contributed by atoms with Gasteiger partial charge in [0.1, 0.15) is 0 Å². The van der Waals surface area contributed by atoms with Gasteiger partial charge in [-0.3, -0.25) is 0 Å². The second-order valence-electron chi connectivity index (χ2n) is 6.75. The van der Waals surface area contributed by atoms with Gasteiger partial charge < -0.3 is 0 Å². The first-order valence-corrected chi connectivity index (χ1v) is 10.6. The number of fused-ring (bicyclic) bond motifs is 3. The molecule has 0 bridgehead atoms. The zero-order valence-corrected chi connectivity index (χ0v) is 18.0. The summed E-state index contributed by atoms with van der Waals surface area (Å²) in [7, 11) is 0. The molecule has 5 rings (SSSR count). The van der Waals surface area contributed by atoms with E-state index in [0.29, 0.717) is 0 Å². The zero-order chi connectivity index (χ0) is 19.1. The molecule has 5 aromatic rings. The fourth-order valence-corrected chi connectivity index (χ4v) is 4.16. The molecule has 0 fully saturated rings. The van der Waals surface area contributed by atoms with Crippen molar-refractivity contribution in [2.75, 3.05) is 0 Å². The molecule has 0 aliphatic carbocycles. The first-order valence-electron chi connectivity index (χ1n) is 9.03. The van der Waals surface area contributed by atoms with E-state index >= 15 is 0 Å². The molecular formula is C25H15Br2N. The van der Waals surface area contributed by atoms with Crippen LogP contribution in [0.1, 0.15) is 0 Å². The van der Waals surface area contributed by atoms with Crippen LogP contribution in [0.25, 0.3) is 44.1 Å². The Hall–Kier alpha value is -2.49. The summed E-state index contributed by atoms with van der Waals surface area (Å²) in [6, 6.07) is 31.8. The highest BCUT2D eigenvalue weighted by molar-refractivity contribution is 9.10. The van der Waals surface area contributed by atoms with Crippen LogP contribution in [-0.4, -0.2) is 4.98 Å². The molecule has 0 spiro atoms. The SMILES string of the molecule is Brc1ccc(-c2cc(-c3ccc(Br)cc3)c3c(ccc4ccccc43)n2)cc1. The Kier molecular flexibility index (Phi) is 4.50. The van der Waals surface area contributed by atoms with E-state index in [0.717, 1.165) is 25.7 Å². The monoisotopic (exact) mass is 487 g/mol. The first-order chi connectivity index (χ1) is 13.7. The van der Waals surface area contributed by atoms with Gasteiger partial charge in [0.15, 0.2) is 0 Å². The summed E-state index contributed by atoms with van der Waals surface area (Å²) in [4.78, 5) is 5.00. The lowest BCUT2D eigenvalue weighted by Gasteiger charge is -2.13. The molecule has 0 saturated carbocycles. The average molecular weight is 489 g/mol. The third-order valence-electron chi connectivity index (χ3n) is 4.99. The van der Waals surface area contributed by atoms with Crippen LogP contribution >= 0.6 is 31.9 Å². The van der Waals surface area contributed by atoms with Crippen LogP contribution in [-0.2, 0) is 0 Å². The average Bonchev–Trinajstić information content (AvgIpc) is 2.74. The number of halogens is 2. The Balaban J connectivity index is 1.87. The van der Waals surface area contributed by atoms with E-state index in [4.69, 9.17) is 4.98 Å². The van der Waals surface area contributed by atoms with Gasteiger partial charge in [-0.25, -0.2) is 4.98 Å². The van der Waals surface area contributed by atoms with Gasteiger partial charge in [-0.05, 0) is 58.3 Å². The molecule has 0 N–H and O–H groups in total. The van der Waals surface area contributed by atoms with Gasteiger partial charge >= 0.3 is 0 Å². The summed E-state index contributed by atoms with van der Waals surface area (Å²) < 4.78 is 2.14. The van der Waals surface area contributed by atoms with Crippen LogP contribution in [0.5, 0.6) is 0 Å². The lowest BCUT2D eigenvalue weighted by Crippen LogP contribution is -1.91. The van der Waals surface area contributed by atoms with E-state index in [1.54, 1.807) is 0 Å². The lowest BCUT2D eigenvalue weighted by atomic mass is 9.94. The maximum absolute atomic E-state index is 5.00. The number of nitrogens with zero attached hydrogens (tertiary/aromatic N) is 1. The minimum atomic E-state index is 0.980. The van der Waals surface area contributed by atoms with Crippen molar-refractivity contribution in [3.8, 4) is 22.4 Å². The van der Waals surface area contributed by atoms with Gasteiger partial charge in [0.25, 0.3) is 0 Å². The van der Waals surface area contributed by atoms with Crippen LogP contribution in [0.4, 0.5) is 0 Å². The van der Waals surface area contributed by atoms with Crippen LogP contribution in [0, 0.1) is 0 Å². The van der Waals surface area contributed by atoms with Crippen molar-refractivity contribution in [3.05, 3.63) is 99.9 Å². The van der Waals surface area contributed by atoms with E-state index in [2.05, 4.69) is 123 Å². The van der Waals surface area contributed by atoms with Crippen molar-refractivity contribution in [1.82, 2.24) is 4.98 Å². The summed E-state index contributed by atoms with van der Waals surface area (Å²) in [5, 5.41) is 3.65. The van der Waals surface area contributed by atoms with Crippen molar-refractivity contribution in [2.24, 2.45) is 0 Å². The molecule has 0 saturated heterocycles. The maximum Gasteiger partial charge on any atom is 0.0722 e. The fraction of sp³-hybridized carbons (Fsp3) is 0. The van der Waals surface area contributed by atoms with Crippen molar-refractivity contribution >= 4 is 53.5 Å². The van der Waals surface area contributed by atoms with Crippen molar-refractivity contribution in [3.63, 3.8) is 0 Å². The van der Waals surface area contributed by atoms with Crippen LogP contribution in [0.3, 0.4) is 0 Å². The highest BCUT2D eigenvalue weighted by atomic mass is 79.9. The molecule has 0 amide bonds. The molecule has 0 radical (unpaired) electrons. The molecule has 0 unspecified atom stereocenters. The number of pyridine rings is 1. The molecule has 0 aliphatic heterocycles. The third-order valence-corrected chi connectivity index (χ3v) is 6.05. The predicted octanol–water partition coefficient (Wildman–Crippen LogP) is 8.25. The number of aromatic nitrogens is 1. The quantitative estimate of drug-likeness (QED) is 0.228. The highest BCUT2D eigenvalue weighted by Crippen LogP contribution is 2.37. The zero-order valence-electron chi connectivity index (χ0n) is 14.9. The van der Waals surface area contributed by atoms with Gasteiger partial charge in [0, 0.05) is 19.9 Å². The minimum absolute atomic E-state index is 0.980. The summed E-state index contributed by atoms with van der Waals surface area (Å²) in [6.07, 6.45) is 0. The Labute approximate surface area is 180 Å². The molecular weight excluding hydrogens is 474 g/mol. The van der Waals surface area contributed by atoms with Crippen molar-refractivity contribution in [2.45, 2.75) is 0 Å². The van der Waals surface area contributed by atoms with Gasteiger partial charge in [-0.15, -0.1) is 0 Å². The summed E-state index contributed by atoms with van der Waals surface area (Å²) in [5.41, 5.74) is 5.49. The van der Waals surface area contributed by atoms with Gasteiger partial charge in [-0.2, -0.15) is 0 Å². The van der Waals surface area contributed by atoms with Gasteiger partial charge in [0.05, 0.1) is 11.2 Å². The molecule has 3 heteroatoms. The molecule has 134 valence electrons. The number of hydrogen-bond acceptors (Lipinski definition) is 1. The topological polar surface area (TPSA) is 12.9 Å². The van der Waals surface area contributed by atoms with Gasteiger partial charge in [-0.1, -0.05) is 86.5 Å². The predicted molar refractivity (Wildman–Crippen MR) is 126 cm³/mol. The Bertz CT molecular complexity index is 1310. The van der Waals surface area contributed by atoms with E-state index in [9.17, 15) is 0 Å². The van der Waals surface area contributed by atoms with Crippen molar-refractivity contribution < 1.29 is 0 Å². The number of benzene rings is 4.